The molecule has 0 spiro atoms. The van der Waals surface area contributed by atoms with E-state index in [1.807, 2.05) is 38.1 Å². The Hall–Kier alpha value is -2.79. The normalized spacial score (nSPS) is 10.0. The first-order valence-electron chi connectivity index (χ1n) is 7.50. The molecule has 0 saturated heterocycles. The van der Waals surface area contributed by atoms with Crippen molar-refractivity contribution in [3.05, 3.63) is 72.8 Å². The Morgan fingerprint density at radius 2 is 1.24 bits per heavy atom. The molecule has 0 aliphatic rings. The fraction of sp³-hybridized carbons (Fsp3) is 0.100. The molecule has 0 atom stereocenters. The van der Waals surface area contributed by atoms with Gasteiger partial charge in [0.1, 0.15) is 11.5 Å². The first-order valence-corrected chi connectivity index (χ1v) is 8.32. The van der Waals surface area contributed by atoms with Crippen LogP contribution in [0.5, 0.6) is 11.5 Å². The van der Waals surface area contributed by atoms with Gasteiger partial charge >= 0.3 is 11.9 Å². The summed E-state index contributed by atoms with van der Waals surface area (Å²) in [5, 5.41) is 0. The molecule has 128 valence electrons. The van der Waals surface area contributed by atoms with Crippen molar-refractivity contribution in [3.8, 4) is 11.5 Å². The smallest absolute Gasteiger partial charge is 0.335 e. The van der Waals surface area contributed by atoms with E-state index < -0.39 is 11.9 Å². The highest BCUT2D eigenvalue weighted by Gasteiger charge is 2.14. The van der Waals surface area contributed by atoms with E-state index in [-0.39, 0.29) is 0 Å². The molecule has 0 aliphatic carbocycles. The zero-order valence-electron chi connectivity index (χ0n) is 14.1. The van der Waals surface area contributed by atoms with E-state index in [0.717, 1.165) is 33.1 Å². The van der Waals surface area contributed by atoms with Crippen molar-refractivity contribution >= 4 is 23.7 Å². The molecule has 0 fully saturated rings. The number of esters is 2. The van der Waals surface area contributed by atoms with Gasteiger partial charge in [-0.15, -0.1) is 0 Å². The van der Waals surface area contributed by atoms with Gasteiger partial charge < -0.3 is 9.47 Å². The highest BCUT2D eigenvalue weighted by molar-refractivity contribution is 7.99. The second kappa shape index (κ2) is 8.35. The summed E-state index contributed by atoms with van der Waals surface area (Å²) in [7, 11) is 0. The Bertz CT molecular complexity index is 770. The fourth-order valence-corrected chi connectivity index (χ4v) is 2.89. The summed E-state index contributed by atoms with van der Waals surface area (Å²) in [6.45, 7) is 10.6. The minimum absolute atomic E-state index is 0.427. The van der Waals surface area contributed by atoms with Crippen molar-refractivity contribution in [2.45, 2.75) is 23.6 Å². The maximum atomic E-state index is 11.6. The number of rotatable bonds is 6. The summed E-state index contributed by atoms with van der Waals surface area (Å²) in [4.78, 5) is 24.6. The van der Waals surface area contributed by atoms with E-state index in [0.29, 0.717) is 11.5 Å². The van der Waals surface area contributed by atoms with Crippen molar-refractivity contribution in [2.24, 2.45) is 0 Å². The number of benzene rings is 2. The molecule has 2 aromatic carbocycles. The van der Waals surface area contributed by atoms with E-state index in [2.05, 4.69) is 13.2 Å². The maximum absolute atomic E-state index is 11.6. The van der Waals surface area contributed by atoms with Crippen LogP contribution in [0.25, 0.3) is 0 Å². The summed E-state index contributed by atoms with van der Waals surface area (Å²) in [5.41, 5.74) is 1.91. The molecule has 0 heterocycles. The lowest BCUT2D eigenvalue weighted by molar-refractivity contribution is -0.130. The van der Waals surface area contributed by atoms with Gasteiger partial charge in [-0.05, 0) is 49.2 Å². The van der Waals surface area contributed by atoms with Crippen molar-refractivity contribution in [2.75, 3.05) is 0 Å². The molecule has 0 aliphatic heterocycles. The second-order valence-electron chi connectivity index (χ2n) is 5.25. The van der Waals surface area contributed by atoms with E-state index in [1.165, 1.54) is 11.8 Å². The lowest BCUT2D eigenvalue weighted by Gasteiger charge is -2.13. The minimum Gasteiger partial charge on any atom is -0.422 e. The van der Waals surface area contributed by atoms with Crippen LogP contribution in [0.4, 0.5) is 0 Å². The summed E-state index contributed by atoms with van der Waals surface area (Å²) >= 11 is 1.34. The van der Waals surface area contributed by atoms with E-state index in [4.69, 9.17) is 9.47 Å². The number of hydrogen-bond acceptors (Lipinski definition) is 5. The molecular formula is C20H18O4S. The van der Waals surface area contributed by atoms with Crippen LogP contribution >= 0.6 is 11.8 Å². The minimum atomic E-state index is -0.533. The lowest BCUT2D eigenvalue weighted by Crippen LogP contribution is -2.05. The van der Waals surface area contributed by atoms with Gasteiger partial charge in [-0.1, -0.05) is 37.1 Å². The Balaban J connectivity index is 2.39. The zero-order chi connectivity index (χ0) is 18.4. The summed E-state index contributed by atoms with van der Waals surface area (Å²) in [5.74, 6) is -0.211. The van der Waals surface area contributed by atoms with Crippen LogP contribution in [-0.2, 0) is 9.59 Å². The van der Waals surface area contributed by atoms with Crippen LogP contribution in [0.3, 0.4) is 0 Å². The predicted molar refractivity (Wildman–Crippen MR) is 98.1 cm³/mol. The monoisotopic (exact) mass is 354 g/mol. The van der Waals surface area contributed by atoms with E-state index in [1.54, 1.807) is 12.1 Å². The fourth-order valence-electron chi connectivity index (χ4n) is 1.98. The Kier molecular flexibility index (Phi) is 6.19. The highest BCUT2D eigenvalue weighted by Crippen LogP contribution is 2.40. The van der Waals surface area contributed by atoms with Gasteiger partial charge in [0.25, 0.3) is 0 Å². The van der Waals surface area contributed by atoms with Gasteiger partial charge in [0.2, 0.25) is 0 Å². The third-order valence-electron chi connectivity index (χ3n) is 3.17. The van der Waals surface area contributed by atoms with Gasteiger partial charge in [0, 0.05) is 12.2 Å². The van der Waals surface area contributed by atoms with Gasteiger partial charge in [-0.3, -0.25) is 0 Å². The topological polar surface area (TPSA) is 52.6 Å². The van der Waals surface area contributed by atoms with Crippen molar-refractivity contribution in [1.29, 1.82) is 0 Å². The molecule has 2 rings (SSSR count). The molecule has 0 radical (unpaired) electrons. The van der Waals surface area contributed by atoms with Crippen molar-refractivity contribution in [3.63, 3.8) is 0 Å². The number of aryl methyl sites for hydroxylation is 2. The van der Waals surface area contributed by atoms with Crippen LogP contribution in [0.2, 0.25) is 0 Å². The van der Waals surface area contributed by atoms with Crippen LogP contribution in [0.1, 0.15) is 11.1 Å². The first kappa shape index (κ1) is 18.5. The molecule has 4 nitrogen and oxygen atoms in total. The number of carbonyl (C=O) groups is 2. The molecule has 5 heteroatoms. The first-order chi connectivity index (χ1) is 11.9. The second-order valence-corrected chi connectivity index (χ2v) is 6.34. The van der Waals surface area contributed by atoms with Crippen molar-refractivity contribution in [1.82, 2.24) is 0 Å². The van der Waals surface area contributed by atoms with Crippen LogP contribution in [-0.4, -0.2) is 11.9 Å². The number of hydrogen-bond donors (Lipinski definition) is 0. The molecule has 0 aromatic heterocycles. The molecule has 2 aromatic rings. The number of carbonyl (C=O) groups excluding carboxylic acids is 2. The zero-order valence-corrected chi connectivity index (χ0v) is 14.9. The summed E-state index contributed by atoms with van der Waals surface area (Å²) in [6, 6.07) is 11.1. The SMILES string of the molecule is C=CC(=O)Oc1cc(C)ccc1Sc1ccc(C)cc1OC(=O)C=C. The van der Waals surface area contributed by atoms with Gasteiger partial charge in [-0.25, -0.2) is 9.59 Å². The average Bonchev–Trinajstić information content (AvgIpc) is 2.59. The molecule has 25 heavy (non-hydrogen) atoms. The van der Waals surface area contributed by atoms with Crippen LogP contribution in [0, 0.1) is 13.8 Å². The molecular weight excluding hydrogens is 336 g/mol. The quantitative estimate of drug-likeness (QED) is 0.430. The van der Waals surface area contributed by atoms with E-state index >= 15 is 0 Å². The average molecular weight is 354 g/mol. The molecule has 0 N–H and O–H groups in total. The van der Waals surface area contributed by atoms with Gasteiger partial charge in [0.05, 0.1) is 9.79 Å². The Morgan fingerprint density at radius 1 is 0.840 bits per heavy atom. The third kappa shape index (κ3) is 5.09. The van der Waals surface area contributed by atoms with Crippen molar-refractivity contribution < 1.29 is 19.1 Å². The van der Waals surface area contributed by atoms with Crippen LogP contribution < -0.4 is 9.47 Å². The van der Waals surface area contributed by atoms with Crippen LogP contribution in [0.15, 0.2) is 71.5 Å². The van der Waals surface area contributed by atoms with Gasteiger partial charge in [-0.2, -0.15) is 0 Å². The predicted octanol–water partition coefficient (Wildman–Crippen LogP) is 4.64. The summed E-state index contributed by atoms with van der Waals surface area (Å²) < 4.78 is 10.6. The largest absolute Gasteiger partial charge is 0.422 e. The lowest BCUT2D eigenvalue weighted by atomic mass is 10.2. The Morgan fingerprint density at radius 3 is 1.60 bits per heavy atom. The highest BCUT2D eigenvalue weighted by atomic mass is 32.2. The molecule has 0 saturated carbocycles. The molecule has 0 amide bonds. The summed E-state index contributed by atoms with van der Waals surface area (Å²) in [6.07, 6.45) is 2.22. The van der Waals surface area contributed by atoms with E-state index in [9.17, 15) is 9.59 Å². The Labute approximate surface area is 151 Å². The van der Waals surface area contributed by atoms with Gasteiger partial charge in [0.15, 0.2) is 0 Å². The standard InChI is InChI=1S/C20H18O4S/c1-5-19(21)23-15-11-13(3)7-9-17(15)25-18-10-8-14(4)12-16(18)24-20(22)6-2/h5-12H,1-2H2,3-4H3. The third-order valence-corrected chi connectivity index (χ3v) is 4.29. The number of ether oxygens (including phenoxy) is 2. The molecule has 0 unspecified atom stereocenters. The molecule has 0 bridgehead atoms. The maximum Gasteiger partial charge on any atom is 0.335 e.